The van der Waals surface area contributed by atoms with Gasteiger partial charge in [-0.3, -0.25) is 0 Å². The van der Waals surface area contributed by atoms with Crippen molar-refractivity contribution < 1.29 is 0 Å². The molecule has 0 radical (unpaired) electrons. The Labute approximate surface area is 315 Å². The highest BCUT2D eigenvalue weighted by atomic mass is 32.1. The molecule has 1 aliphatic rings. The topological polar surface area (TPSA) is 12.0 Å². The number of anilines is 1. The summed E-state index contributed by atoms with van der Waals surface area (Å²) in [6.45, 7) is 12.3. The monoisotopic (exact) mass is 695 g/mol. The molecule has 0 bridgehead atoms. The molecule has 5 aromatic rings. The van der Waals surface area contributed by atoms with E-state index in [0.29, 0.717) is 0 Å². The lowest BCUT2D eigenvalue weighted by molar-refractivity contribution is 1.04. The quantitative estimate of drug-likeness (QED) is 0.136. The van der Waals surface area contributed by atoms with Gasteiger partial charge in [0.15, 0.2) is 0 Å². The Morgan fingerprint density at radius 3 is 2.15 bits per heavy atom. The molecule has 0 fully saturated rings. The van der Waals surface area contributed by atoms with Crippen LogP contribution in [0, 0.1) is 20.8 Å². The second kappa shape index (κ2) is 19.6. The zero-order chi connectivity index (χ0) is 36.5. The molecule has 1 aromatic heterocycles. The third-order valence-electron chi connectivity index (χ3n) is 8.79. The normalized spacial score (nSPS) is 13.3. The molecule has 0 unspecified atom stereocenters. The van der Waals surface area contributed by atoms with Crippen LogP contribution in [-0.2, 0) is 0 Å². The molecule has 1 aliphatic carbocycles. The molecule has 0 saturated carbocycles. The first-order valence-electron chi connectivity index (χ1n) is 18.0. The molecule has 1 heterocycles. The Kier molecular flexibility index (Phi) is 14.2. The summed E-state index contributed by atoms with van der Waals surface area (Å²) in [6.07, 6.45) is 27.7. The maximum absolute atomic E-state index is 3.77. The van der Waals surface area contributed by atoms with Gasteiger partial charge in [0.1, 0.15) is 0 Å². The number of nitrogens with one attached hydrogen (secondary N) is 1. The predicted molar refractivity (Wildman–Crippen MR) is 232 cm³/mol. The minimum atomic E-state index is 1.04. The van der Waals surface area contributed by atoms with Crippen molar-refractivity contribution in [1.29, 1.82) is 0 Å². The smallest absolute Gasteiger partial charge is 0.0381 e. The average Bonchev–Trinajstić information content (AvgIpc) is 3.57. The van der Waals surface area contributed by atoms with E-state index < -0.39 is 0 Å². The van der Waals surface area contributed by atoms with E-state index >= 15 is 0 Å². The maximum Gasteiger partial charge on any atom is 0.0381 e. The second-order valence-electron chi connectivity index (χ2n) is 12.7. The highest BCUT2D eigenvalue weighted by Gasteiger charge is 2.11. The Morgan fingerprint density at radius 1 is 0.750 bits per heavy atom. The average molecular weight is 696 g/mol. The lowest BCUT2D eigenvalue weighted by atomic mass is 9.98. The van der Waals surface area contributed by atoms with Gasteiger partial charge in [-0.25, -0.2) is 0 Å². The largest absolute Gasteiger partial charge is 0.362 e. The summed E-state index contributed by atoms with van der Waals surface area (Å²) in [6, 6.07) is 38.6. The summed E-state index contributed by atoms with van der Waals surface area (Å²) >= 11 is 1.85. The van der Waals surface area contributed by atoms with Crippen molar-refractivity contribution in [1.82, 2.24) is 0 Å². The lowest BCUT2D eigenvalue weighted by Crippen LogP contribution is -1.88. The summed E-state index contributed by atoms with van der Waals surface area (Å²) in [4.78, 5) is 2.57. The molecular weight excluding hydrogens is 647 g/mol. The second-order valence-corrected chi connectivity index (χ2v) is 13.8. The van der Waals surface area contributed by atoms with E-state index in [0.717, 1.165) is 18.5 Å². The van der Waals surface area contributed by atoms with Crippen LogP contribution >= 0.6 is 11.3 Å². The fourth-order valence-corrected chi connectivity index (χ4v) is 7.13. The van der Waals surface area contributed by atoms with E-state index in [1.807, 2.05) is 41.8 Å². The van der Waals surface area contributed by atoms with Crippen LogP contribution in [0.4, 0.5) is 5.69 Å². The van der Waals surface area contributed by atoms with Gasteiger partial charge in [-0.1, -0.05) is 164 Å². The molecule has 52 heavy (non-hydrogen) atoms. The fourth-order valence-electron chi connectivity index (χ4n) is 5.86. The van der Waals surface area contributed by atoms with Gasteiger partial charge in [-0.2, -0.15) is 0 Å². The first kappa shape index (κ1) is 37.6. The number of benzene rings is 4. The van der Waals surface area contributed by atoms with Crippen LogP contribution in [0.1, 0.15) is 58.0 Å². The molecule has 2 heteroatoms. The first-order chi connectivity index (χ1) is 25.4. The third kappa shape index (κ3) is 10.9. The van der Waals surface area contributed by atoms with Crippen molar-refractivity contribution in [3.63, 3.8) is 0 Å². The van der Waals surface area contributed by atoms with Crippen LogP contribution in [0.2, 0.25) is 0 Å². The molecule has 4 aromatic carbocycles. The molecular formula is C50H49NS. The van der Waals surface area contributed by atoms with Crippen LogP contribution in [0.3, 0.4) is 0 Å². The van der Waals surface area contributed by atoms with Crippen LogP contribution in [-0.4, -0.2) is 0 Å². The van der Waals surface area contributed by atoms with Gasteiger partial charge in [0.2, 0.25) is 0 Å². The molecule has 0 spiro atoms. The van der Waals surface area contributed by atoms with E-state index in [9.17, 15) is 0 Å². The molecule has 260 valence electrons. The SMILES string of the molecule is C=C/C=C\C(=C/C)c1ccc(N/C=C/C=C(\C=C/c2ccc(C3=CCCC=C3)cc2)c2cc(C)c(-c3ccccc3C)s2)cc1.Cc1ccccc1. The third-order valence-corrected chi connectivity index (χ3v) is 10.1. The molecule has 6 rings (SSSR count). The van der Waals surface area contributed by atoms with Crippen molar-refractivity contribution in [2.24, 2.45) is 0 Å². The van der Waals surface area contributed by atoms with Crippen molar-refractivity contribution in [2.45, 2.75) is 40.5 Å². The van der Waals surface area contributed by atoms with Gasteiger partial charge in [-0.15, -0.1) is 11.3 Å². The van der Waals surface area contributed by atoms with Crippen molar-refractivity contribution in [3.8, 4) is 10.4 Å². The van der Waals surface area contributed by atoms with Crippen molar-refractivity contribution in [2.75, 3.05) is 5.32 Å². The summed E-state index contributed by atoms with van der Waals surface area (Å²) < 4.78 is 0. The predicted octanol–water partition coefficient (Wildman–Crippen LogP) is 14.6. The minimum Gasteiger partial charge on any atom is -0.362 e. The summed E-state index contributed by atoms with van der Waals surface area (Å²) in [5, 5.41) is 3.43. The Balaban J connectivity index is 0.000000668. The van der Waals surface area contributed by atoms with Gasteiger partial charge in [0.05, 0.1) is 0 Å². The van der Waals surface area contributed by atoms with Gasteiger partial charge >= 0.3 is 0 Å². The number of thiophene rings is 1. The van der Waals surface area contributed by atoms with E-state index in [4.69, 9.17) is 0 Å². The van der Waals surface area contributed by atoms with Crippen LogP contribution in [0.25, 0.3) is 33.2 Å². The molecule has 0 aliphatic heterocycles. The zero-order valence-electron chi connectivity index (χ0n) is 30.9. The minimum absolute atomic E-state index is 1.04. The van der Waals surface area contributed by atoms with Crippen molar-refractivity contribution in [3.05, 3.63) is 221 Å². The summed E-state index contributed by atoms with van der Waals surface area (Å²) in [5.74, 6) is 0. The van der Waals surface area contributed by atoms with E-state index in [2.05, 4.69) is 185 Å². The van der Waals surface area contributed by atoms with Crippen LogP contribution in [0.5, 0.6) is 0 Å². The maximum atomic E-state index is 3.77. The van der Waals surface area contributed by atoms with Crippen LogP contribution in [0.15, 0.2) is 183 Å². The molecule has 0 atom stereocenters. The zero-order valence-corrected chi connectivity index (χ0v) is 31.7. The summed E-state index contributed by atoms with van der Waals surface area (Å²) in [5.41, 5.74) is 13.6. The summed E-state index contributed by atoms with van der Waals surface area (Å²) in [7, 11) is 0. The van der Waals surface area contributed by atoms with Gasteiger partial charge in [-0.05, 0) is 115 Å². The van der Waals surface area contributed by atoms with Gasteiger partial charge in [0, 0.05) is 21.6 Å². The Bertz CT molecular complexity index is 2130. The molecule has 1 N–H and O–H groups in total. The number of hydrogen-bond acceptors (Lipinski definition) is 2. The van der Waals surface area contributed by atoms with E-state index in [-0.39, 0.29) is 0 Å². The highest BCUT2D eigenvalue weighted by molar-refractivity contribution is 7.16. The number of aryl methyl sites for hydroxylation is 3. The number of hydrogen-bond donors (Lipinski definition) is 1. The van der Waals surface area contributed by atoms with Gasteiger partial charge < -0.3 is 5.32 Å². The molecule has 0 amide bonds. The fraction of sp³-hybridized carbons (Fsp3) is 0.120. The Morgan fingerprint density at radius 2 is 1.50 bits per heavy atom. The van der Waals surface area contributed by atoms with Gasteiger partial charge in [0.25, 0.3) is 0 Å². The first-order valence-corrected chi connectivity index (χ1v) is 18.8. The molecule has 0 saturated heterocycles. The number of allylic oxidation sites excluding steroid dienone is 13. The Hall–Kier alpha value is -5.70. The van der Waals surface area contributed by atoms with Crippen molar-refractivity contribution >= 4 is 39.8 Å². The highest BCUT2D eigenvalue weighted by Crippen LogP contribution is 2.38. The number of rotatable bonds is 11. The lowest BCUT2D eigenvalue weighted by Gasteiger charge is -2.07. The standard InChI is InChI=1S/C43H41NS.C7H8/c1-5-7-15-35(6-2)37-26-28-40(29-27-37)44-30-13-18-39(42-31-33(4)43(45-42)41-19-12-11-14-32(41)3)25-22-34-20-23-38(24-21-34)36-16-9-8-10-17-36;1-7-5-3-2-4-6-7/h5-7,9,11-31,44H,1,8,10H2,2-4H3;2-6H,1H3/b15-7-,25-22-,30-13+,35-6+,39-18+;. The van der Waals surface area contributed by atoms with E-state index in [1.54, 1.807) is 6.08 Å². The van der Waals surface area contributed by atoms with Crippen LogP contribution < -0.4 is 5.32 Å². The van der Waals surface area contributed by atoms with E-state index in [1.165, 1.54) is 65.4 Å². The molecule has 1 nitrogen and oxygen atoms in total.